The van der Waals surface area contributed by atoms with Crippen LogP contribution in [0.4, 0.5) is 20.7 Å². The molecule has 3 N–H and O–H groups in total. The molecule has 1 aliphatic rings. The van der Waals surface area contributed by atoms with Crippen LogP contribution < -0.4 is 15.4 Å². The molecule has 1 saturated heterocycles. The highest BCUT2D eigenvalue weighted by Crippen LogP contribution is 2.35. The summed E-state index contributed by atoms with van der Waals surface area (Å²) < 4.78 is 22.7. The molecule has 0 unspecified atom stereocenters. The van der Waals surface area contributed by atoms with Crippen molar-refractivity contribution in [1.82, 2.24) is 19.7 Å². The Morgan fingerprint density at radius 3 is 2.43 bits per heavy atom. The summed E-state index contributed by atoms with van der Waals surface area (Å²) in [6, 6.07) is 21.3. The third-order valence-corrected chi connectivity index (χ3v) is 8.47. The standard InChI is InChI=1S/C36H37FN6O4/c1-36(2,3)25-10-7-23(8-11-25)34(44)40-30-14-9-24(19-29(30)37)28-15-17-38-33-31(28)32(39-26-16-18-42(21-26)35(45)46)41-43(33)20-22-5-12-27(47-4)13-6-22/h5-15,17,19,26H,16,18,20-21H2,1-4H3,(H,39,41)(H,40,44)(H,45,46)/t26-/m1/s1. The quantitative estimate of drug-likeness (QED) is 0.168. The average Bonchev–Trinajstić information content (AvgIpc) is 3.67. The number of methoxy groups -OCH3 is 1. The first-order valence-corrected chi connectivity index (χ1v) is 15.4. The van der Waals surface area contributed by atoms with Gasteiger partial charge in [0, 0.05) is 30.9 Å². The van der Waals surface area contributed by atoms with Crippen LogP contribution in [0, 0.1) is 5.82 Å². The highest BCUT2D eigenvalue weighted by Gasteiger charge is 2.28. The molecule has 1 aliphatic heterocycles. The van der Waals surface area contributed by atoms with Crippen LogP contribution in [0.2, 0.25) is 0 Å². The number of hydrogen-bond acceptors (Lipinski definition) is 6. The topological polar surface area (TPSA) is 122 Å². The first kappa shape index (κ1) is 31.5. The molecule has 0 bridgehead atoms. The first-order chi connectivity index (χ1) is 22.5. The Morgan fingerprint density at radius 2 is 1.79 bits per heavy atom. The number of aromatic nitrogens is 3. The van der Waals surface area contributed by atoms with Gasteiger partial charge in [-0.2, -0.15) is 5.10 Å². The number of hydrogen-bond donors (Lipinski definition) is 3. The van der Waals surface area contributed by atoms with E-state index in [-0.39, 0.29) is 17.1 Å². The van der Waals surface area contributed by atoms with E-state index in [4.69, 9.17) is 9.84 Å². The van der Waals surface area contributed by atoms with Crippen molar-refractivity contribution in [3.05, 3.63) is 102 Å². The van der Waals surface area contributed by atoms with Crippen molar-refractivity contribution in [2.75, 3.05) is 30.8 Å². The number of ether oxygens (including phenoxy) is 1. The van der Waals surface area contributed by atoms with E-state index < -0.39 is 17.8 Å². The van der Waals surface area contributed by atoms with E-state index >= 15 is 4.39 Å². The maximum Gasteiger partial charge on any atom is 0.407 e. The third-order valence-electron chi connectivity index (χ3n) is 8.47. The SMILES string of the molecule is COc1ccc(Cn2nc(N[C@@H]3CCN(C(=O)O)C3)c3c(-c4ccc(NC(=O)c5ccc(C(C)(C)C)cc5)c(F)c4)ccnc32)cc1. The van der Waals surface area contributed by atoms with Crippen molar-refractivity contribution in [3.8, 4) is 16.9 Å². The molecule has 3 heterocycles. The van der Waals surface area contributed by atoms with E-state index in [2.05, 4.69) is 36.4 Å². The second kappa shape index (κ2) is 12.7. The zero-order valence-corrected chi connectivity index (χ0v) is 26.8. The molecular weight excluding hydrogens is 599 g/mol. The summed E-state index contributed by atoms with van der Waals surface area (Å²) in [7, 11) is 1.61. The molecule has 2 aromatic heterocycles. The van der Waals surface area contributed by atoms with Gasteiger partial charge in [0.05, 0.1) is 24.7 Å². The van der Waals surface area contributed by atoms with Gasteiger partial charge in [-0.15, -0.1) is 0 Å². The van der Waals surface area contributed by atoms with Crippen molar-refractivity contribution >= 4 is 34.5 Å². The Kier molecular flexibility index (Phi) is 8.55. The maximum atomic E-state index is 15.6. The number of rotatable bonds is 8. The summed E-state index contributed by atoms with van der Waals surface area (Å²) in [6.45, 7) is 7.45. The van der Waals surface area contributed by atoms with Crippen molar-refractivity contribution in [2.45, 2.75) is 45.2 Å². The van der Waals surface area contributed by atoms with Gasteiger partial charge in [-0.05, 0) is 76.6 Å². The smallest absolute Gasteiger partial charge is 0.407 e. The van der Waals surface area contributed by atoms with Crippen LogP contribution in [0.1, 0.15) is 48.7 Å². The van der Waals surface area contributed by atoms with Gasteiger partial charge in [-0.25, -0.2) is 18.9 Å². The lowest BCUT2D eigenvalue weighted by molar-refractivity contribution is 0.102. The van der Waals surface area contributed by atoms with Gasteiger partial charge in [0.1, 0.15) is 11.6 Å². The molecule has 0 radical (unpaired) electrons. The van der Waals surface area contributed by atoms with Crippen LogP contribution in [0.3, 0.4) is 0 Å². The number of carbonyl (C=O) groups excluding carboxylic acids is 1. The maximum absolute atomic E-state index is 15.6. The second-order valence-electron chi connectivity index (χ2n) is 12.7. The Morgan fingerprint density at radius 1 is 1.04 bits per heavy atom. The summed E-state index contributed by atoms with van der Waals surface area (Å²) in [5.74, 6) is 0.290. The molecule has 1 atom stereocenters. The number of likely N-dealkylation sites (tertiary alicyclic amines) is 1. The molecule has 1 fully saturated rings. The minimum Gasteiger partial charge on any atom is -0.497 e. The van der Waals surface area contributed by atoms with E-state index in [1.54, 1.807) is 48.3 Å². The number of carbonyl (C=O) groups is 2. The zero-order chi connectivity index (χ0) is 33.3. The van der Waals surface area contributed by atoms with E-state index in [0.29, 0.717) is 59.6 Å². The van der Waals surface area contributed by atoms with Crippen molar-refractivity contribution in [2.24, 2.45) is 0 Å². The molecule has 2 amide bonds. The van der Waals surface area contributed by atoms with Gasteiger partial charge < -0.3 is 25.4 Å². The van der Waals surface area contributed by atoms with Crippen LogP contribution in [-0.4, -0.2) is 63.0 Å². The van der Waals surface area contributed by atoms with Crippen LogP contribution in [0.15, 0.2) is 79.0 Å². The fraction of sp³-hybridized carbons (Fsp3) is 0.278. The average molecular weight is 637 g/mol. The second-order valence-corrected chi connectivity index (χ2v) is 12.7. The number of fused-ring (bicyclic) bond motifs is 1. The number of benzene rings is 3. The summed E-state index contributed by atoms with van der Waals surface area (Å²) in [5, 5.41) is 21.2. The first-order valence-electron chi connectivity index (χ1n) is 15.4. The number of amides is 2. The summed E-state index contributed by atoms with van der Waals surface area (Å²) in [4.78, 5) is 30.5. The number of halogens is 1. The highest BCUT2D eigenvalue weighted by molar-refractivity contribution is 6.05. The molecule has 6 rings (SSSR count). The zero-order valence-electron chi connectivity index (χ0n) is 26.8. The van der Waals surface area contributed by atoms with E-state index in [9.17, 15) is 14.7 Å². The largest absolute Gasteiger partial charge is 0.497 e. The Bertz CT molecular complexity index is 1930. The third kappa shape index (κ3) is 6.74. The molecule has 10 nitrogen and oxygen atoms in total. The molecule has 242 valence electrons. The molecule has 3 aromatic carbocycles. The van der Waals surface area contributed by atoms with Crippen molar-refractivity contribution < 1.29 is 23.8 Å². The fourth-order valence-corrected chi connectivity index (χ4v) is 5.80. The highest BCUT2D eigenvalue weighted by atomic mass is 19.1. The van der Waals surface area contributed by atoms with Gasteiger partial charge in [0.25, 0.3) is 5.91 Å². The molecule has 0 aliphatic carbocycles. The van der Waals surface area contributed by atoms with Gasteiger partial charge in [0.2, 0.25) is 0 Å². The Balaban J connectivity index is 1.32. The molecule has 0 saturated carbocycles. The molecule has 47 heavy (non-hydrogen) atoms. The Labute approximate surface area is 272 Å². The lowest BCUT2D eigenvalue weighted by Crippen LogP contribution is -2.30. The number of pyridine rings is 1. The lowest BCUT2D eigenvalue weighted by atomic mass is 9.87. The van der Waals surface area contributed by atoms with Gasteiger partial charge in [-0.1, -0.05) is 51.1 Å². The molecule has 0 spiro atoms. The van der Waals surface area contributed by atoms with E-state index in [1.807, 2.05) is 36.4 Å². The van der Waals surface area contributed by atoms with Crippen LogP contribution in [-0.2, 0) is 12.0 Å². The predicted octanol–water partition coefficient (Wildman–Crippen LogP) is 7.01. The minimum atomic E-state index is -0.962. The minimum absolute atomic E-state index is 0.0488. The van der Waals surface area contributed by atoms with Crippen LogP contribution in [0.5, 0.6) is 5.75 Å². The van der Waals surface area contributed by atoms with E-state index in [0.717, 1.165) is 16.9 Å². The number of anilines is 2. The Hall–Kier alpha value is -5.45. The van der Waals surface area contributed by atoms with Crippen LogP contribution in [0.25, 0.3) is 22.2 Å². The monoisotopic (exact) mass is 636 g/mol. The summed E-state index contributed by atoms with van der Waals surface area (Å²) >= 11 is 0. The fourth-order valence-electron chi connectivity index (χ4n) is 5.80. The van der Waals surface area contributed by atoms with Crippen LogP contribution >= 0.6 is 0 Å². The lowest BCUT2D eigenvalue weighted by Gasteiger charge is -2.19. The van der Waals surface area contributed by atoms with Gasteiger partial charge in [0.15, 0.2) is 11.5 Å². The van der Waals surface area contributed by atoms with E-state index in [1.165, 1.54) is 11.0 Å². The molecular formula is C36H37FN6O4. The van der Waals surface area contributed by atoms with Crippen molar-refractivity contribution in [3.63, 3.8) is 0 Å². The predicted molar refractivity (Wildman–Crippen MR) is 180 cm³/mol. The summed E-state index contributed by atoms with van der Waals surface area (Å²) in [6.07, 6.45) is 1.32. The number of carboxylic acid groups (broad SMARTS) is 1. The number of nitrogens with zero attached hydrogens (tertiary/aromatic N) is 4. The number of nitrogens with one attached hydrogen (secondary N) is 2. The summed E-state index contributed by atoms with van der Waals surface area (Å²) in [5.41, 5.74) is 4.39. The van der Waals surface area contributed by atoms with Crippen molar-refractivity contribution in [1.29, 1.82) is 0 Å². The van der Waals surface area contributed by atoms with Gasteiger partial charge >= 0.3 is 6.09 Å². The van der Waals surface area contributed by atoms with Gasteiger partial charge in [-0.3, -0.25) is 4.79 Å². The molecule has 5 aromatic rings. The molecule has 11 heteroatoms. The normalized spacial score (nSPS) is 14.7.